The molecule has 5 rings (SSSR count). The quantitative estimate of drug-likeness (QED) is 0.675. The van der Waals surface area contributed by atoms with E-state index in [1.807, 2.05) is 23.1 Å². The van der Waals surface area contributed by atoms with Crippen molar-refractivity contribution in [1.29, 1.82) is 0 Å². The molecule has 2 N–H and O–H groups in total. The minimum absolute atomic E-state index is 0.0228. The van der Waals surface area contributed by atoms with Crippen LogP contribution in [0.4, 0.5) is 11.4 Å². The fraction of sp³-hybridized carbons (Fsp3) is 0.318. The maximum atomic E-state index is 13.1. The van der Waals surface area contributed by atoms with Crippen molar-refractivity contribution in [3.05, 3.63) is 53.2 Å². The summed E-state index contributed by atoms with van der Waals surface area (Å²) in [7, 11) is 1.59. The lowest BCUT2D eigenvalue weighted by atomic mass is 10.0. The zero-order valence-corrected chi connectivity index (χ0v) is 17.0. The predicted octanol–water partition coefficient (Wildman–Crippen LogP) is 4.32. The maximum absolute atomic E-state index is 13.1. The number of hydrogen-bond acceptors (Lipinski definition) is 4. The summed E-state index contributed by atoms with van der Waals surface area (Å²) in [4.78, 5) is 20.6. The summed E-state index contributed by atoms with van der Waals surface area (Å²) in [5.74, 6) is 0.632. The summed E-state index contributed by atoms with van der Waals surface area (Å²) < 4.78 is 5.27. The lowest BCUT2D eigenvalue weighted by Crippen LogP contribution is -2.46. The van der Waals surface area contributed by atoms with Crippen molar-refractivity contribution in [1.82, 2.24) is 9.88 Å². The topological polar surface area (TPSA) is 60.6 Å². The first kappa shape index (κ1) is 18.2. The summed E-state index contributed by atoms with van der Waals surface area (Å²) in [5.41, 5.74) is 3.86. The second-order valence-corrected chi connectivity index (χ2v) is 7.95. The number of rotatable bonds is 3. The van der Waals surface area contributed by atoms with Crippen molar-refractivity contribution in [3.8, 4) is 5.75 Å². The number of aromatic nitrogens is 1. The van der Waals surface area contributed by atoms with Crippen LogP contribution in [-0.2, 0) is 0 Å². The van der Waals surface area contributed by atoms with Crippen molar-refractivity contribution < 1.29 is 9.53 Å². The number of nitrogens with zero attached hydrogens (tertiary/aromatic N) is 2. The van der Waals surface area contributed by atoms with Crippen LogP contribution in [-0.4, -0.2) is 48.7 Å². The number of amides is 1. The molecule has 7 heteroatoms. The molecule has 0 saturated carbocycles. The van der Waals surface area contributed by atoms with Gasteiger partial charge in [0.25, 0.3) is 5.91 Å². The molecule has 0 radical (unpaired) electrons. The first-order valence-corrected chi connectivity index (χ1v) is 10.3. The van der Waals surface area contributed by atoms with Crippen LogP contribution >= 0.6 is 11.6 Å². The van der Waals surface area contributed by atoms with Gasteiger partial charge in [0.15, 0.2) is 0 Å². The number of H-pyrrole nitrogens is 1. The predicted molar refractivity (Wildman–Crippen MR) is 116 cm³/mol. The molecule has 29 heavy (non-hydrogen) atoms. The van der Waals surface area contributed by atoms with Gasteiger partial charge in [0, 0.05) is 30.0 Å². The molecular formula is C22H23ClN4O2. The number of halogens is 1. The van der Waals surface area contributed by atoms with Crippen LogP contribution in [0.15, 0.2) is 42.5 Å². The van der Waals surface area contributed by atoms with Gasteiger partial charge in [0.2, 0.25) is 0 Å². The van der Waals surface area contributed by atoms with Gasteiger partial charge in [-0.05, 0) is 43.2 Å². The molecule has 2 aliphatic rings. The van der Waals surface area contributed by atoms with E-state index in [2.05, 4.69) is 39.5 Å². The Balaban J connectivity index is 1.29. The van der Waals surface area contributed by atoms with Gasteiger partial charge in [-0.1, -0.05) is 23.7 Å². The Labute approximate surface area is 174 Å². The largest absolute Gasteiger partial charge is 0.495 e. The summed E-state index contributed by atoms with van der Waals surface area (Å²) in [5, 5.41) is 4.79. The highest BCUT2D eigenvalue weighted by Crippen LogP contribution is 2.35. The Bertz CT molecular complexity index is 1070. The highest BCUT2D eigenvalue weighted by atomic mass is 35.5. The van der Waals surface area contributed by atoms with E-state index in [9.17, 15) is 4.79 Å². The number of carbonyl (C=O) groups is 1. The van der Waals surface area contributed by atoms with E-state index in [1.54, 1.807) is 7.11 Å². The molecule has 2 aliphatic heterocycles. The number of fused-ring (bicyclic) bond motifs is 2. The maximum Gasteiger partial charge on any atom is 0.270 e. The van der Waals surface area contributed by atoms with Crippen molar-refractivity contribution in [2.24, 2.45) is 0 Å². The zero-order valence-electron chi connectivity index (χ0n) is 16.2. The van der Waals surface area contributed by atoms with Gasteiger partial charge in [0.05, 0.1) is 30.2 Å². The standard InChI is InChI=1S/C22H23ClN4O2/c1-29-20-7-6-16-15(21(20)23)12-18(25-16)22(28)26-10-8-14(9-11-26)27-13-24-17-4-2-3-5-19(17)27/h2-7,12,14,24-25H,8-11,13H2,1H3. The smallest absolute Gasteiger partial charge is 0.270 e. The van der Waals surface area contributed by atoms with Gasteiger partial charge in [0.1, 0.15) is 11.4 Å². The average Bonchev–Trinajstić information content (AvgIpc) is 3.39. The SMILES string of the molecule is COc1ccc2[nH]c(C(=O)N3CCC(N4CNc5ccccc54)CC3)cc2c1Cl. The third-order valence-corrected chi connectivity index (χ3v) is 6.39. The van der Waals surface area contributed by atoms with E-state index in [4.69, 9.17) is 16.3 Å². The highest BCUT2D eigenvalue weighted by molar-refractivity contribution is 6.37. The van der Waals surface area contributed by atoms with E-state index in [0.717, 1.165) is 43.5 Å². The minimum atomic E-state index is 0.0228. The Morgan fingerprint density at radius 2 is 1.97 bits per heavy atom. The average molecular weight is 411 g/mol. The molecule has 0 bridgehead atoms. The van der Waals surface area contributed by atoms with Gasteiger partial charge in [-0.15, -0.1) is 0 Å². The number of carbonyl (C=O) groups excluding carboxylic acids is 1. The molecule has 0 spiro atoms. The molecule has 1 aromatic heterocycles. The summed E-state index contributed by atoms with van der Waals surface area (Å²) in [6, 6.07) is 14.4. The molecule has 0 aliphatic carbocycles. The van der Waals surface area contributed by atoms with E-state index in [-0.39, 0.29) is 5.91 Å². The third-order valence-electron chi connectivity index (χ3n) is 6.00. The number of benzene rings is 2. The van der Waals surface area contributed by atoms with Gasteiger partial charge < -0.3 is 24.8 Å². The molecular weight excluding hydrogens is 388 g/mol. The molecule has 1 saturated heterocycles. The fourth-order valence-electron chi connectivity index (χ4n) is 4.43. The molecule has 1 fully saturated rings. The van der Waals surface area contributed by atoms with Crippen LogP contribution in [0.3, 0.4) is 0 Å². The Morgan fingerprint density at radius 3 is 2.76 bits per heavy atom. The van der Waals surface area contributed by atoms with Gasteiger partial charge >= 0.3 is 0 Å². The Hall–Kier alpha value is -2.86. The highest BCUT2D eigenvalue weighted by Gasteiger charge is 2.31. The minimum Gasteiger partial charge on any atom is -0.495 e. The van der Waals surface area contributed by atoms with E-state index < -0.39 is 0 Å². The van der Waals surface area contributed by atoms with Gasteiger partial charge in [-0.3, -0.25) is 4.79 Å². The molecule has 3 heterocycles. The van der Waals surface area contributed by atoms with Crippen LogP contribution in [0.2, 0.25) is 5.02 Å². The van der Waals surface area contributed by atoms with Crippen molar-refractivity contribution in [3.63, 3.8) is 0 Å². The molecule has 150 valence electrons. The number of hydrogen-bond donors (Lipinski definition) is 2. The molecule has 6 nitrogen and oxygen atoms in total. The number of nitrogens with one attached hydrogen (secondary N) is 2. The molecule has 0 atom stereocenters. The Morgan fingerprint density at radius 1 is 1.17 bits per heavy atom. The first-order valence-electron chi connectivity index (χ1n) is 9.90. The number of methoxy groups -OCH3 is 1. The summed E-state index contributed by atoms with van der Waals surface area (Å²) in [6.07, 6.45) is 1.91. The normalized spacial score (nSPS) is 16.8. The second-order valence-electron chi connectivity index (χ2n) is 7.57. The number of para-hydroxylation sites is 2. The Kier molecular flexibility index (Phi) is 4.51. The number of ether oxygens (including phenoxy) is 1. The lowest BCUT2D eigenvalue weighted by molar-refractivity contribution is 0.0708. The third kappa shape index (κ3) is 3.08. The van der Waals surface area contributed by atoms with Crippen LogP contribution in [0.5, 0.6) is 5.75 Å². The van der Waals surface area contributed by atoms with Crippen molar-refractivity contribution in [2.45, 2.75) is 18.9 Å². The number of likely N-dealkylation sites (tertiary alicyclic amines) is 1. The van der Waals surface area contributed by atoms with Crippen LogP contribution in [0.1, 0.15) is 23.3 Å². The van der Waals surface area contributed by atoms with E-state index >= 15 is 0 Å². The van der Waals surface area contributed by atoms with Gasteiger partial charge in [-0.25, -0.2) is 0 Å². The van der Waals surface area contributed by atoms with Crippen molar-refractivity contribution in [2.75, 3.05) is 37.1 Å². The number of anilines is 2. The molecule has 3 aromatic rings. The monoisotopic (exact) mass is 410 g/mol. The molecule has 2 aromatic carbocycles. The lowest BCUT2D eigenvalue weighted by Gasteiger charge is -2.37. The molecule has 0 unspecified atom stereocenters. The van der Waals surface area contributed by atoms with Crippen LogP contribution in [0, 0.1) is 0 Å². The van der Waals surface area contributed by atoms with Crippen molar-refractivity contribution >= 4 is 39.8 Å². The van der Waals surface area contributed by atoms with Crippen LogP contribution < -0.4 is 15.0 Å². The van der Waals surface area contributed by atoms with Gasteiger partial charge in [-0.2, -0.15) is 0 Å². The van der Waals surface area contributed by atoms with E-state index in [0.29, 0.717) is 22.5 Å². The summed E-state index contributed by atoms with van der Waals surface area (Å²) in [6.45, 7) is 2.32. The number of aromatic amines is 1. The van der Waals surface area contributed by atoms with Crippen LogP contribution in [0.25, 0.3) is 10.9 Å². The fourth-order valence-corrected chi connectivity index (χ4v) is 4.72. The first-order chi connectivity index (χ1) is 14.2. The molecule has 1 amide bonds. The van der Waals surface area contributed by atoms with E-state index in [1.165, 1.54) is 11.4 Å². The number of piperidine rings is 1. The summed E-state index contributed by atoms with van der Waals surface area (Å²) >= 11 is 6.40. The second kappa shape index (κ2) is 7.19. The zero-order chi connectivity index (χ0) is 20.0.